The molecule has 3 aromatic rings. The summed E-state index contributed by atoms with van der Waals surface area (Å²) in [6, 6.07) is 11.7. The topological polar surface area (TPSA) is 81.3 Å². The molecular formula is C24H27N5O2. The summed E-state index contributed by atoms with van der Waals surface area (Å²) in [4.78, 5) is 37.2. The Kier molecular flexibility index (Phi) is 5.32. The molecule has 1 aromatic carbocycles. The van der Waals surface area contributed by atoms with Crippen LogP contribution in [0.15, 0.2) is 55.0 Å². The number of pyridine rings is 1. The largest absolute Gasteiger partial charge is 0.371 e. The van der Waals surface area contributed by atoms with Gasteiger partial charge in [0.2, 0.25) is 5.91 Å². The third-order valence-electron chi connectivity index (χ3n) is 6.52. The number of benzene rings is 1. The molecule has 2 N–H and O–H groups in total. The average Bonchev–Trinajstić information content (AvgIpc) is 3.48. The Morgan fingerprint density at radius 1 is 1.00 bits per heavy atom. The Balaban J connectivity index is 1.13. The lowest BCUT2D eigenvalue weighted by Gasteiger charge is -2.34. The van der Waals surface area contributed by atoms with Crippen LogP contribution in [0.5, 0.6) is 0 Å². The van der Waals surface area contributed by atoms with Crippen LogP contribution in [-0.4, -0.2) is 58.9 Å². The van der Waals surface area contributed by atoms with E-state index < -0.39 is 0 Å². The van der Waals surface area contributed by atoms with Gasteiger partial charge in [0, 0.05) is 73.5 Å². The van der Waals surface area contributed by atoms with Crippen molar-refractivity contribution in [2.45, 2.75) is 25.3 Å². The number of carbonyl (C=O) groups is 2. The van der Waals surface area contributed by atoms with Crippen molar-refractivity contribution in [3.05, 3.63) is 60.6 Å². The van der Waals surface area contributed by atoms with Crippen molar-refractivity contribution in [3.63, 3.8) is 0 Å². The summed E-state index contributed by atoms with van der Waals surface area (Å²) in [5, 5.41) is 4.19. The second-order valence-corrected chi connectivity index (χ2v) is 8.49. The molecule has 2 aliphatic rings. The minimum absolute atomic E-state index is 0.00713. The van der Waals surface area contributed by atoms with Crippen LogP contribution >= 0.6 is 0 Å². The van der Waals surface area contributed by atoms with Gasteiger partial charge >= 0.3 is 0 Å². The Labute approximate surface area is 181 Å². The standard InChI is InChI=1S/C24H27N5O2/c30-23(19-2-1-17-3-11-26-22(17)15-19)27-20-8-14-29(16-20)24(31)18-6-12-28(13-7-18)21-4-9-25-10-5-21/h1-5,9-11,15,18,20,26H,6-8,12-14,16H2,(H,27,30)/t20-/m1/s1. The first kappa shape index (κ1) is 19.6. The summed E-state index contributed by atoms with van der Waals surface area (Å²) in [5.74, 6) is 0.225. The number of carbonyl (C=O) groups excluding carboxylic acids is 2. The molecule has 2 amide bonds. The predicted molar refractivity (Wildman–Crippen MR) is 120 cm³/mol. The highest BCUT2D eigenvalue weighted by Crippen LogP contribution is 2.25. The number of hydrogen-bond acceptors (Lipinski definition) is 4. The minimum Gasteiger partial charge on any atom is -0.371 e. The Bertz CT molecular complexity index is 1070. The van der Waals surface area contributed by atoms with E-state index in [9.17, 15) is 9.59 Å². The monoisotopic (exact) mass is 417 g/mol. The maximum absolute atomic E-state index is 13.0. The van der Waals surface area contributed by atoms with Crippen LogP contribution < -0.4 is 10.2 Å². The van der Waals surface area contributed by atoms with E-state index in [-0.39, 0.29) is 23.8 Å². The third-order valence-corrected chi connectivity index (χ3v) is 6.52. The van der Waals surface area contributed by atoms with Gasteiger partial charge in [0.15, 0.2) is 0 Å². The Hall–Kier alpha value is -3.35. The summed E-state index contributed by atoms with van der Waals surface area (Å²) in [5.41, 5.74) is 2.76. The van der Waals surface area contributed by atoms with E-state index in [1.807, 2.05) is 47.5 Å². The van der Waals surface area contributed by atoms with Crippen molar-refractivity contribution < 1.29 is 9.59 Å². The molecule has 1 atom stereocenters. The fourth-order valence-electron chi connectivity index (χ4n) is 4.73. The van der Waals surface area contributed by atoms with E-state index in [4.69, 9.17) is 0 Å². The average molecular weight is 418 g/mol. The molecule has 0 bridgehead atoms. The van der Waals surface area contributed by atoms with Gasteiger partial charge in [0.05, 0.1) is 0 Å². The van der Waals surface area contributed by atoms with Crippen molar-refractivity contribution in [2.75, 3.05) is 31.1 Å². The van der Waals surface area contributed by atoms with Crippen LogP contribution in [0, 0.1) is 5.92 Å². The van der Waals surface area contributed by atoms with Crippen LogP contribution in [0.4, 0.5) is 5.69 Å². The minimum atomic E-state index is -0.0820. The number of amides is 2. The number of aromatic amines is 1. The van der Waals surface area contributed by atoms with Crippen molar-refractivity contribution >= 4 is 28.4 Å². The summed E-state index contributed by atoms with van der Waals surface area (Å²) in [7, 11) is 0. The molecule has 2 saturated heterocycles. The highest BCUT2D eigenvalue weighted by molar-refractivity contribution is 5.98. The molecule has 2 fully saturated rings. The van der Waals surface area contributed by atoms with E-state index in [1.54, 1.807) is 12.4 Å². The van der Waals surface area contributed by atoms with Crippen molar-refractivity contribution in [1.29, 1.82) is 0 Å². The maximum atomic E-state index is 13.0. The second kappa shape index (κ2) is 8.41. The van der Waals surface area contributed by atoms with Gasteiger partial charge in [0.25, 0.3) is 5.91 Å². The van der Waals surface area contributed by atoms with E-state index in [2.05, 4.69) is 20.2 Å². The molecule has 2 aromatic heterocycles. The number of anilines is 1. The van der Waals surface area contributed by atoms with Crippen LogP contribution in [0.1, 0.15) is 29.6 Å². The summed E-state index contributed by atoms with van der Waals surface area (Å²) in [6.45, 7) is 3.08. The molecule has 0 unspecified atom stereocenters. The maximum Gasteiger partial charge on any atom is 0.251 e. The summed E-state index contributed by atoms with van der Waals surface area (Å²) < 4.78 is 0. The predicted octanol–water partition coefficient (Wildman–Crippen LogP) is 2.81. The van der Waals surface area contributed by atoms with Crippen LogP contribution in [0.3, 0.4) is 0 Å². The van der Waals surface area contributed by atoms with Crippen LogP contribution in [0.25, 0.3) is 10.9 Å². The molecule has 0 saturated carbocycles. The number of likely N-dealkylation sites (tertiary alicyclic amines) is 1. The lowest BCUT2D eigenvalue weighted by Crippen LogP contribution is -2.43. The first-order valence-corrected chi connectivity index (χ1v) is 11.0. The van der Waals surface area contributed by atoms with Crippen molar-refractivity contribution in [2.24, 2.45) is 5.92 Å². The smallest absolute Gasteiger partial charge is 0.251 e. The number of rotatable bonds is 4. The number of fused-ring (bicyclic) bond motifs is 1. The van der Waals surface area contributed by atoms with Crippen molar-refractivity contribution in [3.8, 4) is 0 Å². The van der Waals surface area contributed by atoms with Crippen LogP contribution in [0.2, 0.25) is 0 Å². The van der Waals surface area contributed by atoms with Gasteiger partial charge < -0.3 is 20.1 Å². The van der Waals surface area contributed by atoms with E-state index >= 15 is 0 Å². The van der Waals surface area contributed by atoms with Gasteiger partial charge in [0.1, 0.15) is 0 Å². The normalized spacial score (nSPS) is 19.7. The summed E-state index contributed by atoms with van der Waals surface area (Å²) in [6.07, 6.45) is 8.02. The summed E-state index contributed by atoms with van der Waals surface area (Å²) >= 11 is 0. The zero-order valence-corrected chi connectivity index (χ0v) is 17.5. The first-order valence-electron chi connectivity index (χ1n) is 11.0. The molecule has 7 heteroatoms. The fraction of sp³-hybridized carbons (Fsp3) is 0.375. The Morgan fingerprint density at radius 3 is 2.61 bits per heavy atom. The van der Waals surface area contributed by atoms with Gasteiger partial charge in [-0.15, -0.1) is 0 Å². The number of hydrogen-bond donors (Lipinski definition) is 2. The molecule has 0 aliphatic carbocycles. The van der Waals surface area contributed by atoms with Crippen LogP contribution in [-0.2, 0) is 4.79 Å². The fourth-order valence-corrected chi connectivity index (χ4v) is 4.73. The lowest BCUT2D eigenvalue weighted by molar-refractivity contribution is -0.135. The molecule has 2 aliphatic heterocycles. The molecular weight excluding hydrogens is 390 g/mol. The number of nitrogens with one attached hydrogen (secondary N) is 2. The number of nitrogens with zero attached hydrogens (tertiary/aromatic N) is 3. The second-order valence-electron chi connectivity index (χ2n) is 8.49. The van der Waals surface area contributed by atoms with E-state index in [0.717, 1.165) is 43.3 Å². The van der Waals surface area contributed by atoms with E-state index in [1.165, 1.54) is 5.69 Å². The number of aromatic nitrogens is 2. The highest BCUT2D eigenvalue weighted by Gasteiger charge is 2.33. The molecule has 31 heavy (non-hydrogen) atoms. The zero-order valence-electron chi connectivity index (χ0n) is 17.5. The van der Waals surface area contributed by atoms with Crippen molar-refractivity contribution in [1.82, 2.24) is 20.2 Å². The van der Waals surface area contributed by atoms with Gasteiger partial charge in [-0.25, -0.2) is 0 Å². The highest BCUT2D eigenvalue weighted by atomic mass is 16.2. The first-order chi connectivity index (χ1) is 15.2. The quantitative estimate of drug-likeness (QED) is 0.684. The molecule has 5 rings (SSSR count). The molecule has 4 heterocycles. The molecule has 7 nitrogen and oxygen atoms in total. The van der Waals surface area contributed by atoms with Gasteiger partial charge in [-0.2, -0.15) is 0 Å². The number of H-pyrrole nitrogens is 1. The van der Waals surface area contributed by atoms with Gasteiger partial charge in [-0.05, 0) is 55.0 Å². The molecule has 160 valence electrons. The molecule has 0 radical (unpaired) electrons. The molecule has 0 spiro atoms. The number of piperidine rings is 1. The lowest BCUT2D eigenvalue weighted by atomic mass is 9.95. The SMILES string of the molecule is O=C(N[C@@H]1CCN(C(=O)C2CCN(c3ccncc3)CC2)C1)c1ccc2cc[nH]c2c1. The zero-order chi connectivity index (χ0) is 21.2. The Morgan fingerprint density at radius 2 is 1.81 bits per heavy atom. The van der Waals surface area contributed by atoms with E-state index in [0.29, 0.717) is 18.7 Å². The van der Waals surface area contributed by atoms with Gasteiger partial charge in [-0.1, -0.05) is 6.07 Å². The van der Waals surface area contributed by atoms with Gasteiger partial charge in [-0.3, -0.25) is 14.6 Å². The third kappa shape index (κ3) is 4.13.